The Kier molecular flexibility index (Phi) is 4.20. The van der Waals surface area contributed by atoms with Crippen molar-refractivity contribution in [2.75, 3.05) is 5.32 Å². The molecule has 0 radical (unpaired) electrons. The Labute approximate surface area is 167 Å². The zero-order chi connectivity index (χ0) is 19.3. The minimum Gasteiger partial charge on any atom is -0.375 e. The Bertz CT molecular complexity index is 1240. The van der Waals surface area contributed by atoms with Gasteiger partial charge in [-0.05, 0) is 60.6 Å². The standard InChI is InChI=1S/C23H23N3OS/c1-13-7-10-18-19(11-13)28-23-20(18)22(27)25-21(26-23)14(2)24-17-9-8-15-5-3-4-6-16(15)12-17/h3-6,8-9,12-14,24H,7,10-11H2,1-2H3,(H,25,26,27)/t13-,14-/m0/s1. The van der Waals surface area contributed by atoms with Crippen molar-refractivity contribution in [2.45, 2.75) is 39.2 Å². The Balaban J connectivity index is 1.48. The third-order valence-electron chi connectivity index (χ3n) is 5.73. The van der Waals surface area contributed by atoms with Crippen LogP contribution in [0.25, 0.3) is 21.0 Å². The molecule has 2 N–H and O–H groups in total. The van der Waals surface area contributed by atoms with Crippen LogP contribution < -0.4 is 10.9 Å². The van der Waals surface area contributed by atoms with E-state index in [-0.39, 0.29) is 11.6 Å². The van der Waals surface area contributed by atoms with E-state index in [2.05, 4.69) is 47.6 Å². The molecule has 28 heavy (non-hydrogen) atoms. The number of anilines is 1. The smallest absolute Gasteiger partial charge is 0.259 e. The zero-order valence-corrected chi connectivity index (χ0v) is 16.9. The number of aromatic amines is 1. The second kappa shape index (κ2) is 6.74. The summed E-state index contributed by atoms with van der Waals surface area (Å²) in [6, 6.07) is 14.5. The van der Waals surface area contributed by atoms with E-state index in [1.807, 2.05) is 19.1 Å². The van der Waals surface area contributed by atoms with E-state index in [1.165, 1.54) is 21.2 Å². The van der Waals surface area contributed by atoms with Crippen LogP contribution in [0.2, 0.25) is 0 Å². The molecule has 142 valence electrons. The second-order valence-electron chi connectivity index (χ2n) is 7.91. The summed E-state index contributed by atoms with van der Waals surface area (Å²) in [5.41, 5.74) is 2.25. The van der Waals surface area contributed by atoms with Gasteiger partial charge in [-0.1, -0.05) is 37.3 Å². The molecule has 0 fully saturated rings. The molecule has 5 heteroatoms. The minimum absolute atomic E-state index is 0.000727. The van der Waals surface area contributed by atoms with Crippen molar-refractivity contribution in [3.63, 3.8) is 0 Å². The molecule has 4 aromatic rings. The summed E-state index contributed by atoms with van der Waals surface area (Å²) in [7, 11) is 0. The topological polar surface area (TPSA) is 57.8 Å². The summed E-state index contributed by atoms with van der Waals surface area (Å²) in [4.78, 5) is 22.9. The third-order valence-corrected chi connectivity index (χ3v) is 6.87. The monoisotopic (exact) mass is 389 g/mol. The lowest BCUT2D eigenvalue weighted by atomic mass is 9.89. The molecule has 0 saturated heterocycles. The van der Waals surface area contributed by atoms with E-state index in [1.54, 1.807) is 11.3 Å². The molecule has 0 bridgehead atoms. The molecule has 1 aliphatic carbocycles. The number of fused-ring (bicyclic) bond motifs is 4. The first kappa shape index (κ1) is 17.4. The van der Waals surface area contributed by atoms with Gasteiger partial charge in [-0.3, -0.25) is 4.79 Å². The second-order valence-corrected chi connectivity index (χ2v) is 8.99. The quantitative estimate of drug-likeness (QED) is 0.491. The lowest BCUT2D eigenvalue weighted by Crippen LogP contribution is -2.18. The summed E-state index contributed by atoms with van der Waals surface area (Å²) in [6.45, 7) is 4.32. The van der Waals surface area contributed by atoms with Crippen LogP contribution in [0, 0.1) is 5.92 Å². The molecule has 0 spiro atoms. The van der Waals surface area contributed by atoms with E-state index in [0.717, 1.165) is 35.2 Å². The summed E-state index contributed by atoms with van der Waals surface area (Å²) >= 11 is 1.70. The predicted molar refractivity (Wildman–Crippen MR) is 117 cm³/mol. The van der Waals surface area contributed by atoms with Gasteiger partial charge in [0.15, 0.2) is 0 Å². The van der Waals surface area contributed by atoms with Crippen molar-refractivity contribution in [3.8, 4) is 0 Å². The molecular formula is C23H23N3OS. The van der Waals surface area contributed by atoms with Crippen molar-refractivity contribution < 1.29 is 0 Å². The highest BCUT2D eigenvalue weighted by molar-refractivity contribution is 7.18. The van der Waals surface area contributed by atoms with E-state index < -0.39 is 0 Å². The maximum Gasteiger partial charge on any atom is 0.259 e. The van der Waals surface area contributed by atoms with Gasteiger partial charge in [-0.25, -0.2) is 4.98 Å². The molecule has 0 aliphatic heterocycles. The predicted octanol–water partition coefficient (Wildman–Crippen LogP) is 5.44. The number of benzene rings is 2. The molecule has 2 atom stereocenters. The number of H-pyrrole nitrogens is 1. The zero-order valence-electron chi connectivity index (χ0n) is 16.1. The molecule has 2 heterocycles. The third kappa shape index (κ3) is 3.00. The maximum absolute atomic E-state index is 12.8. The van der Waals surface area contributed by atoms with Crippen LogP contribution in [0.3, 0.4) is 0 Å². The van der Waals surface area contributed by atoms with Crippen LogP contribution >= 0.6 is 11.3 Å². The van der Waals surface area contributed by atoms with Crippen LogP contribution in [0.4, 0.5) is 5.69 Å². The fraction of sp³-hybridized carbons (Fsp3) is 0.304. The first-order chi connectivity index (χ1) is 13.6. The van der Waals surface area contributed by atoms with Gasteiger partial charge in [0.05, 0.1) is 11.4 Å². The van der Waals surface area contributed by atoms with Crippen molar-refractivity contribution in [2.24, 2.45) is 5.92 Å². The van der Waals surface area contributed by atoms with Gasteiger partial charge in [-0.15, -0.1) is 11.3 Å². The van der Waals surface area contributed by atoms with Gasteiger partial charge in [0.2, 0.25) is 0 Å². The average Bonchev–Trinajstić information content (AvgIpc) is 3.05. The number of thiophene rings is 1. The van der Waals surface area contributed by atoms with Crippen LogP contribution in [0.1, 0.15) is 42.6 Å². The Hall–Kier alpha value is -2.66. The first-order valence-corrected chi connectivity index (χ1v) is 10.7. The molecule has 0 saturated carbocycles. The number of aryl methyl sites for hydroxylation is 1. The number of nitrogens with zero attached hydrogens (tertiary/aromatic N) is 1. The first-order valence-electron chi connectivity index (χ1n) is 9.88. The van der Waals surface area contributed by atoms with Gasteiger partial charge >= 0.3 is 0 Å². The normalized spacial score (nSPS) is 17.6. The lowest BCUT2D eigenvalue weighted by Gasteiger charge is -2.17. The minimum atomic E-state index is -0.0867. The number of rotatable bonds is 3. The molecule has 0 amide bonds. The maximum atomic E-state index is 12.8. The summed E-state index contributed by atoms with van der Waals surface area (Å²) < 4.78 is 0. The van der Waals surface area contributed by atoms with Crippen LogP contribution in [0.15, 0.2) is 47.3 Å². The summed E-state index contributed by atoms with van der Waals surface area (Å²) in [5, 5.41) is 6.70. The van der Waals surface area contributed by atoms with E-state index in [9.17, 15) is 4.79 Å². The highest BCUT2D eigenvalue weighted by Crippen LogP contribution is 2.36. The van der Waals surface area contributed by atoms with Gasteiger partial charge < -0.3 is 10.3 Å². The SMILES string of the molecule is C[C@H]1CCc2c(sc3nc([C@H](C)Nc4ccc5ccccc5c4)[nH]c(=O)c23)C1. The molecule has 1 aliphatic rings. The van der Waals surface area contributed by atoms with Gasteiger partial charge in [-0.2, -0.15) is 0 Å². The lowest BCUT2D eigenvalue weighted by molar-refractivity contribution is 0.509. The molecule has 2 aromatic heterocycles. The van der Waals surface area contributed by atoms with Gasteiger partial charge in [0.25, 0.3) is 5.56 Å². The molecule has 0 unspecified atom stereocenters. The molecular weight excluding hydrogens is 366 g/mol. The van der Waals surface area contributed by atoms with Crippen LogP contribution in [-0.2, 0) is 12.8 Å². The number of hydrogen-bond acceptors (Lipinski definition) is 4. The van der Waals surface area contributed by atoms with Gasteiger partial charge in [0, 0.05) is 10.6 Å². The van der Waals surface area contributed by atoms with Gasteiger partial charge in [0.1, 0.15) is 10.7 Å². The largest absolute Gasteiger partial charge is 0.375 e. The van der Waals surface area contributed by atoms with Crippen molar-refractivity contribution >= 4 is 38.0 Å². The van der Waals surface area contributed by atoms with Crippen LogP contribution in [0.5, 0.6) is 0 Å². The fourth-order valence-corrected chi connectivity index (χ4v) is 5.56. The van der Waals surface area contributed by atoms with Crippen molar-refractivity contribution in [1.29, 1.82) is 0 Å². The summed E-state index contributed by atoms with van der Waals surface area (Å²) in [6.07, 6.45) is 3.21. The summed E-state index contributed by atoms with van der Waals surface area (Å²) in [5.74, 6) is 1.38. The average molecular weight is 390 g/mol. The fourth-order valence-electron chi connectivity index (χ4n) is 4.17. The van der Waals surface area contributed by atoms with E-state index in [4.69, 9.17) is 4.98 Å². The molecule has 5 rings (SSSR count). The number of nitrogens with one attached hydrogen (secondary N) is 2. The highest BCUT2D eigenvalue weighted by atomic mass is 32.1. The highest BCUT2D eigenvalue weighted by Gasteiger charge is 2.23. The Morgan fingerprint density at radius 2 is 2.04 bits per heavy atom. The Morgan fingerprint density at radius 1 is 1.21 bits per heavy atom. The Morgan fingerprint density at radius 3 is 2.89 bits per heavy atom. The van der Waals surface area contributed by atoms with Crippen molar-refractivity contribution in [1.82, 2.24) is 9.97 Å². The van der Waals surface area contributed by atoms with Crippen molar-refractivity contribution in [3.05, 3.63) is 69.1 Å². The van der Waals surface area contributed by atoms with Crippen LogP contribution in [-0.4, -0.2) is 9.97 Å². The number of aromatic nitrogens is 2. The molecule has 2 aromatic carbocycles. The number of hydrogen-bond donors (Lipinski definition) is 2. The van der Waals surface area contributed by atoms with E-state index >= 15 is 0 Å². The molecule has 4 nitrogen and oxygen atoms in total. The van der Waals surface area contributed by atoms with E-state index in [0.29, 0.717) is 11.7 Å².